The summed E-state index contributed by atoms with van der Waals surface area (Å²) >= 11 is 0. The van der Waals surface area contributed by atoms with Crippen molar-refractivity contribution in [2.45, 2.75) is 31.3 Å². The molecule has 106 valence electrons. The van der Waals surface area contributed by atoms with Crippen molar-refractivity contribution in [3.8, 4) is 0 Å². The molecule has 0 bridgehead atoms. The zero-order valence-corrected chi connectivity index (χ0v) is 11.3. The Hall–Kier alpha value is -2.50. The van der Waals surface area contributed by atoms with Gasteiger partial charge in [0.25, 0.3) is 5.91 Å². The number of hydrogen-bond acceptors (Lipinski definition) is 5. The lowest BCUT2D eigenvalue weighted by Crippen LogP contribution is -2.36. The maximum Gasteiger partial charge on any atom is 0.252 e. The predicted octanol–water partition coefficient (Wildman–Crippen LogP) is 1.33. The number of imide groups is 1. The number of hydrogen-bond donors (Lipinski definition) is 1. The van der Waals surface area contributed by atoms with Crippen LogP contribution in [0.3, 0.4) is 0 Å². The van der Waals surface area contributed by atoms with Crippen molar-refractivity contribution in [3.63, 3.8) is 0 Å². The standard InChI is InChI=1S/C15H14N4O2/c20-14-8-13(15(21)19(14)10-2-3-10)18-9-1-4-11-12(7-9)17-6-5-16-11/h1,4-7,10,13,18H,2-3,8H2. The van der Waals surface area contributed by atoms with Gasteiger partial charge in [-0.15, -0.1) is 0 Å². The molecule has 1 N–H and O–H groups in total. The third-order valence-corrected chi connectivity index (χ3v) is 3.91. The second kappa shape index (κ2) is 4.51. The molecule has 1 aromatic heterocycles. The van der Waals surface area contributed by atoms with Gasteiger partial charge in [0.2, 0.25) is 5.91 Å². The molecule has 21 heavy (non-hydrogen) atoms. The number of amides is 2. The third-order valence-electron chi connectivity index (χ3n) is 3.91. The fourth-order valence-corrected chi connectivity index (χ4v) is 2.73. The summed E-state index contributed by atoms with van der Waals surface area (Å²) in [7, 11) is 0. The fourth-order valence-electron chi connectivity index (χ4n) is 2.73. The van der Waals surface area contributed by atoms with Crippen LogP contribution in [-0.4, -0.2) is 38.8 Å². The van der Waals surface area contributed by atoms with E-state index in [0.29, 0.717) is 0 Å². The topological polar surface area (TPSA) is 75.2 Å². The molecule has 1 unspecified atom stereocenters. The summed E-state index contributed by atoms with van der Waals surface area (Å²) < 4.78 is 0. The van der Waals surface area contributed by atoms with Gasteiger partial charge in [-0.1, -0.05) is 0 Å². The van der Waals surface area contributed by atoms with E-state index in [9.17, 15) is 9.59 Å². The van der Waals surface area contributed by atoms with E-state index in [2.05, 4.69) is 15.3 Å². The van der Waals surface area contributed by atoms with E-state index in [-0.39, 0.29) is 24.3 Å². The first kappa shape index (κ1) is 12.3. The minimum atomic E-state index is -0.466. The lowest BCUT2D eigenvalue weighted by molar-refractivity contribution is -0.139. The molecular formula is C15H14N4O2. The molecule has 1 saturated carbocycles. The predicted molar refractivity (Wildman–Crippen MR) is 76.4 cm³/mol. The quantitative estimate of drug-likeness (QED) is 0.860. The SMILES string of the molecule is O=C1CC(Nc2ccc3nccnc3c2)C(=O)N1C1CC1. The van der Waals surface area contributed by atoms with Crippen LogP contribution in [0.5, 0.6) is 0 Å². The Kier molecular flexibility index (Phi) is 2.63. The van der Waals surface area contributed by atoms with E-state index in [1.807, 2.05) is 18.2 Å². The molecule has 1 saturated heterocycles. The molecule has 2 heterocycles. The van der Waals surface area contributed by atoms with Crippen molar-refractivity contribution in [2.24, 2.45) is 0 Å². The summed E-state index contributed by atoms with van der Waals surface area (Å²) in [6.07, 6.45) is 5.38. The van der Waals surface area contributed by atoms with Crippen LogP contribution < -0.4 is 5.32 Å². The Bertz CT molecular complexity index is 741. The van der Waals surface area contributed by atoms with Crippen LogP contribution in [0, 0.1) is 0 Å². The molecule has 2 fully saturated rings. The number of rotatable bonds is 3. The van der Waals surface area contributed by atoms with Gasteiger partial charge in [0, 0.05) is 24.1 Å². The van der Waals surface area contributed by atoms with Crippen molar-refractivity contribution < 1.29 is 9.59 Å². The van der Waals surface area contributed by atoms with E-state index in [1.54, 1.807) is 12.4 Å². The molecule has 1 aliphatic heterocycles. The smallest absolute Gasteiger partial charge is 0.252 e. The van der Waals surface area contributed by atoms with Gasteiger partial charge in [0.1, 0.15) is 6.04 Å². The first-order valence-corrected chi connectivity index (χ1v) is 7.05. The van der Waals surface area contributed by atoms with Gasteiger partial charge < -0.3 is 5.32 Å². The highest BCUT2D eigenvalue weighted by atomic mass is 16.2. The summed E-state index contributed by atoms with van der Waals surface area (Å²) in [6, 6.07) is 5.23. The molecule has 0 radical (unpaired) electrons. The van der Waals surface area contributed by atoms with Crippen molar-refractivity contribution >= 4 is 28.5 Å². The lowest BCUT2D eigenvalue weighted by Gasteiger charge is -2.15. The lowest BCUT2D eigenvalue weighted by atomic mass is 10.2. The van der Waals surface area contributed by atoms with Crippen LogP contribution in [-0.2, 0) is 9.59 Å². The van der Waals surface area contributed by atoms with Gasteiger partial charge in [-0.05, 0) is 31.0 Å². The highest BCUT2D eigenvalue weighted by Crippen LogP contribution is 2.32. The fraction of sp³-hybridized carbons (Fsp3) is 0.333. The van der Waals surface area contributed by atoms with E-state index in [0.717, 1.165) is 29.6 Å². The number of anilines is 1. The van der Waals surface area contributed by atoms with Gasteiger partial charge in [0.05, 0.1) is 17.5 Å². The summed E-state index contributed by atoms with van der Waals surface area (Å²) in [6.45, 7) is 0. The molecule has 1 aromatic carbocycles. The summed E-state index contributed by atoms with van der Waals surface area (Å²) in [5, 5.41) is 3.15. The largest absolute Gasteiger partial charge is 0.373 e. The summed E-state index contributed by atoms with van der Waals surface area (Å²) in [5.41, 5.74) is 2.35. The van der Waals surface area contributed by atoms with E-state index in [4.69, 9.17) is 0 Å². The van der Waals surface area contributed by atoms with Gasteiger partial charge in [-0.2, -0.15) is 0 Å². The van der Waals surface area contributed by atoms with Gasteiger partial charge in [0.15, 0.2) is 0 Å². The van der Waals surface area contributed by atoms with Crippen LogP contribution >= 0.6 is 0 Å². The van der Waals surface area contributed by atoms with Crippen LogP contribution in [0.2, 0.25) is 0 Å². The summed E-state index contributed by atoms with van der Waals surface area (Å²) in [5.74, 6) is -0.178. The molecule has 6 heteroatoms. The highest BCUT2D eigenvalue weighted by molar-refractivity contribution is 6.07. The zero-order valence-electron chi connectivity index (χ0n) is 11.3. The first-order chi connectivity index (χ1) is 10.2. The molecule has 2 aromatic rings. The van der Waals surface area contributed by atoms with E-state index < -0.39 is 6.04 Å². The van der Waals surface area contributed by atoms with Crippen molar-refractivity contribution in [1.82, 2.24) is 14.9 Å². The van der Waals surface area contributed by atoms with Crippen LogP contribution in [0.4, 0.5) is 5.69 Å². The summed E-state index contributed by atoms with van der Waals surface area (Å²) in [4.78, 5) is 34.1. The van der Waals surface area contributed by atoms with E-state index >= 15 is 0 Å². The Labute approximate surface area is 121 Å². The van der Waals surface area contributed by atoms with Crippen molar-refractivity contribution in [2.75, 3.05) is 5.32 Å². The Balaban J connectivity index is 1.57. The highest BCUT2D eigenvalue weighted by Gasteiger charge is 2.46. The molecule has 2 aliphatic rings. The van der Waals surface area contributed by atoms with Gasteiger partial charge >= 0.3 is 0 Å². The van der Waals surface area contributed by atoms with Crippen molar-refractivity contribution in [3.05, 3.63) is 30.6 Å². The monoisotopic (exact) mass is 282 g/mol. The van der Waals surface area contributed by atoms with Crippen LogP contribution in [0.15, 0.2) is 30.6 Å². The second-order valence-corrected chi connectivity index (χ2v) is 5.49. The average molecular weight is 282 g/mol. The number of aromatic nitrogens is 2. The van der Waals surface area contributed by atoms with Gasteiger partial charge in [-0.25, -0.2) is 0 Å². The normalized spacial score (nSPS) is 22.1. The average Bonchev–Trinajstić information content (AvgIpc) is 3.27. The van der Waals surface area contributed by atoms with Crippen LogP contribution in [0.1, 0.15) is 19.3 Å². The molecule has 0 spiro atoms. The van der Waals surface area contributed by atoms with E-state index in [1.165, 1.54) is 4.90 Å². The van der Waals surface area contributed by atoms with Crippen molar-refractivity contribution in [1.29, 1.82) is 0 Å². The third kappa shape index (κ3) is 2.12. The number of nitrogens with zero attached hydrogens (tertiary/aromatic N) is 3. The second-order valence-electron chi connectivity index (χ2n) is 5.49. The Morgan fingerprint density at radius 2 is 1.86 bits per heavy atom. The maximum atomic E-state index is 12.3. The minimum Gasteiger partial charge on any atom is -0.373 e. The molecular weight excluding hydrogens is 268 g/mol. The number of nitrogens with one attached hydrogen (secondary N) is 1. The molecule has 2 amide bonds. The minimum absolute atomic E-state index is 0.0689. The number of fused-ring (bicyclic) bond motifs is 1. The molecule has 4 rings (SSSR count). The molecule has 1 aliphatic carbocycles. The number of carbonyl (C=O) groups excluding carboxylic acids is 2. The first-order valence-electron chi connectivity index (χ1n) is 7.05. The Morgan fingerprint density at radius 1 is 1.10 bits per heavy atom. The number of likely N-dealkylation sites (tertiary alicyclic amines) is 1. The number of carbonyl (C=O) groups is 2. The number of benzene rings is 1. The zero-order chi connectivity index (χ0) is 14.4. The molecule has 1 atom stereocenters. The Morgan fingerprint density at radius 3 is 2.62 bits per heavy atom. The van der Waals surface area contributed by atoms with Crippen LogP contribution in [0.25, 0.3) is 11.0 Å². The molecule has 6 nitrogen and oxygen atoms in total. The van der Waals surface area contributed by atoms with Gasteiger partial charge in [-0.3, -0.25) is 24.5 Å². The maximum absolute atomic E-state index is 12.3.